The number of nitrogens with zero attached hydrogens (tertiary/aromatic N) is 1. The molecule has 0 amide bonds. The topological polar surface area (TPSA) is 225 Å². The summed E-state index contributed by atoms with van der Waals surface area (Å²) in [4.78, 5) is 61.1. The van der Waals surface area contributed by atoms with Crippen molar-refractivity contribution < 1.29 is 65.5 Å². The van der Waals surface area contributed by atoms with Crippen LogP contribution < -0.4 is 9.46 Å². The molecule has 0 aliphatic carbocycles. The Balaban J connectivity index is 1.50. The Bertz CT molecular complexity index is 2080. The van der Waals surface area contributed by atoms with Gasteiger partial charge in [0.2, 0.25) is 28.3 Å². The largest absolute Gasteiger partial charge is 0.463 e. The summed E-state index contributed by atoms with van der Waals surface area (Å²) in [6.45, 7) is 10.9. The molecule has 1 fully saturated rings. The number of carbonyl (C=O) groups is 5. The van der Waals surface area contributed by atoms with Crippen LogP contribution >= 0.6 is 0 Å². The van der Waals surface area contributed by atoms with Crippen molar-refractivity contribution in [2.75, 3.05) is 12.4 Å². The summed E-state index contributed by atoms with van der Waals surface area (Å²) < 4.78 is 67.6. The number of sulfonamides is 1. The predicted molar refractivity (Wildman–Crippen MR) is 211 cm³/mol. The summed E-state index contributed by atoms with van der Waals surface area (Å²) in [5.74, 6) is -4.07. The smallest absolute Gasteiger partial charge is 0.327 e. The fourth-order valence-corrected chi connectivity index (χ4v) is 7.43. The summed E-state index contributed by atoms with van der Waals surface area (Å²) in [7, 11) is -3.92. The molecule has 320 valence electrons. The highest BCUT2D eigenvalue weighted by Crippen LogP contribution is 2.34. The average Bonchev–Trinajstić information content (AvgIpc) is 3.54. The molecule has 2 N–H and O–H groups in total. The number of ether oxygens (including phenoxy) is 7. The molecule has 2 aromatic carbocycles. The van der Waals surface area contributed by atoms with Crippen molar-refractivity contribution in [1.82, 2.24) is 14.9 Å². The van der Waals surface area contributed by atoms with Gasteiger partial charge in [0.25, 0.3) is 0 Å². The van der Waals surface area contributed by atoms with Gasteiger partial charge >= 0.3 is 29.8 Å². The Kier molecular flexibility index (Phi) is 15.9. The first-order valence-corrected chi connectivity index (χ1v) is 20.4. The van der Waals surface area contributed by atoms with Gasteiger partial charge in [-0.05, 0) is 36.5 Å². The number of aromatic amines is 1. The number of aromatic nitrogens is 2. The molecule has 1 aromatic heterocycles. The standard InChI is InChI=1S/C41H51N3O14S/c1-24(2)34-32(21-30-18-16-29(17-19-30)15-12-20-59(50,51)44-41(7,8)40(49)53-22-31-13-10-9-11-14-31)38(43-42-34)58-39-37(56-28(6)48)36(55-27(5)47)35(54-26(4)46)33(57-39)23-52-25(3)45/h9-19,24,33,35-37,39,44H,20-23H2,1-8H3,(H,42,43)/b15-12+/t33-,35-,36+,37-,39+/m1/s1. The van der Waals surface area contributed by atoms with Gasteiger partial charge in [-0.25, -0.2) is 8.42 Å². The van der Waals surface area contributed by atoms with Crippen LogP contribution in [-0.2, 0) is 75.4 Å². The number of benzene rings is 2. The summed E-state index contributed by atoms with van der Waals surface area (Å²) >= 11 is 0. The molecule has 2 heterocycles. The van der Waals surface area contributed by atoms with Crippen molar-refractivity contribution in [2.45, 2.75) is 111 Å². The van der Waals surface area contributed by atoms with E-state index in [1.807, 2.05) is 44.2 Å². The Hall–Kier alpha value is -5.59. The van der Waals surface area contributed by atoms with E-state index >= 15 is 0 Å². The first kappa shape index (κ1) is 46.1. The molecule has 3 aromatic rings. The summed E-state index contributed by atoms with van der Waals surface area (Å²) in [5, 5.41) is 7.38. The van der Waals surface area contributed by atoms with Crippen molar-refractivity contribution in [3.63, 3.8) is 0 Å². The van der Waals surface area contributed by atoms with Gasteiger partial charge in [-0.3, -0.25) is 29.1 Å². The first-order valence-electron chi connectivity index (χ1n) is 18.8. The number of carbonyl (C=O) groups excluding carboxylic acids is 5. The number of H-pyrrole nitrogens is 1. The van der Waals surface area contributed by atoms with Crippen LogP contribution in [0.5, 0.6) is 5.88 Å². The SMILES string of the molecule is CC(=O)OC[C@H]1O[C@@H](Oc2n[nH]c(C(C)C)c2Cc2ccc(/C=C/CS(=O)(=O)NC(C)(C)C(=O)OCc3ccccc3)cc2)[C@H](OC(C)=O)[C@@H](OC(C)=O)[C@@H]1OC(C)=O. The fraction of sp³-hybridized carbons (Fsp3) is 0.463. The Morgan fingerprint density at radius 3 is 2.03 bits per heavy atom. The lowest BCUT2D eigenvalue weighted by Crippen LogP contribution is -2.63. The van der Waals surface area contributed by atoms with Gasteiger partial charge in [-0.1, -0.05) is 80.6 Å². The minimum absolute atomic E-state index is 0.0107. The molecule has 0 bridgehead atoms. The molecular weight excluding hydrogens is 791 g/mol. The summed E-state index contributed by atoms with van der Waals surface area (Å²) in [6, 6.07) is 16.3. The Labute approximate surface area is 343 Å². The van der Waals surface area contributed by atoms with Crippen LogP contribution in [0.2, 0.25) is 0 Å². The van der Waals surface area contributed by atoms with Crippen LogP contribution in [0.15, 0.2) is 60.7 Å². The third-order valence-electron chi connectivity index (χ3n) is 8.73. The maximum atomic E-state index is 12.9. The summed E-state index contributed by atoms with van der Waals surface area (Å²) in [6.07, 6.45) is -3.53. The molecule has 4 rings (SSSR count). The molecule has 0 radical (unpaired) electrons. The number of esters is 5. The highest BCUT2D eigenvalue weighted by molar-refractivity contribution is 7.89. The first-order chi connectivity index (χ1) is 27.7. The maximum absolute atomic E-state index is 12.9. The van der Waals surface area contributed by atoms with Gasteiger partial charge < -0.3 is 33.2 Å². The fourth-order valence-electron chi connectivity index (χ4n) is 6.14. The van der Waals surface area contributed by atoms with Gasteiger partial charge in [-0.2, -0.15) is 4.72 Å². The van der Waals surface area contributed by atoms with Gasteiger partial charge in [0, 0.05) is 45.4 Å². The van der Waals surface area contributed by atoms with Crippen LogP contribution in [0, 0.1) is 0 Å². The van der Waals surface area contributed by atoms with Gasteiger partial charge in [0.1, 0.15) is 24.9 Å². The zero-order chi connectivity index (χ0) is 43.5. The van der Waals surface area contributed by atoms with Crippen molar-refractivity contribution in [3.05, 3.63) is 88.6 Å². The molecule has 17 nitrogen and oxygen atoms in total. The van der Waals surface area contributed by atoms with Gasteiger partial charge in [0.05, 0.1) is 5.75 Å². The van der Waals surface area contributed by atoms with E-state index in [0.29, 0.717) is 17.5 Å². The van der Waals surface area contributed by atoms with E-state index in [2.05, 4.69) is 14.9 Å². The number of hydrogen-bond acceptors (Lipinski definition) is 15. The minimum Gasteiger partial charge on any atom is -0.463 e. The van der Waals surface area contributed by atoms with E-state index < -0.39 is 88.5 Å². The molecule has 1 aliphatic rings. The van der Waals surface area contributed by atoms with Crippen molar-refractivity contribution >= 4 is 45.9 Å². The molecule has 1 saturated heterocycles. The van der Waals surface area contributed by atoms with Crippen LogP contribution in [0.4, 0.5) is 0 Å². The lowest BCUT2D eigenvalue weighted by Gasteiger charge is -2.43. The van der Waals surface area contributed by atoms with E-state index in [4.69, 9.17) is 33.2 Å². The maximum Gasteiger partial charge on any atom is 0.327 e. The third-order valence-corrected chi connectivity index (χ3v) is 10.2. The quantitative estimate of drug-likeness (QED) is 0.136. The highest BCUT2D eigenvalue weighted by atomic mass is 32.2. The molecule has 0 unspecified atom stereocenters. The molecule has 1 aliphatic heterocycles. The second-order valence-corrected chi connectivity index (χ2v) is 16.4. The van der Waals surface area contributed by atoms with Crippen LogP contribution in [-0.4, -0.2) is 97.1 Å². The molecular formula is C41H51N3O14S. The van der Waals surface area contributed by atoms with E-state index in [9.17, 15) is 32.4 Å². The zero-order valence-electron chi connectivity index (χ0n) is 34.2. The Morgan fingerprint density at radius 1 is 0.831 bits per heavy atom. The van der Waals surface area contributed by atoms with E-state index in [-0.39, 0.29) is 18.4 Å². The minimum atomic E-state index is -3.92. The zero-order valence-corrected chi connectivity index (χ0v) is 35.0. The Morgan fingerprint density at radius 2 is 1.44 bits per heavy atom. The molecule has 0 spiro atoms. The van der Waals surface area contributed by atoms with Gasteiger partial charge in [-0.15, -0.1) is 5.10 Å². The van der Waals surface area contributed by atoms with E-state index in [1.54, 1.807) is 30.3 Å². The average molecular weight is 842 g/mol. The monoisotopic (exact) mass is 841 g/mol. The van der Waals surface area contributed by atoms with E-state index in [1.165, 1.54) is 26.8 Å². The second-order valence-electron chi connectivity index (χ2n) is 14.7. The molecule has 18 heteroatoms. The lowest BCUT2D eigenvalue weighted by atomic mass is 9.97. The third kappa shape index (κ3) is 13.8. The summed E-state index contributed by atoms with van der Waals surface area (Å²) in [5.41, 5.74) is 2.14. The van der Waals surface area contributed by atoms with Gasteiger partial charge in [0.15, 0.2) is 12.2 Å². The van der Waals surface area contributed by atoms with Crippen LogP contribution in [0.25, 0.3) is 6.08 Å². The van der Waals surface area contributed by atoms with Crippen molar-refractivity contribution in [1.29, 1.82) is 0 Å². The van der Waals surface area contributed by atoms with E-state index in [0.717, 1.165) is 37.6 Å². The predicted octanol–water partition coefficient (Wildman–Crippen LogP) is 4.04. The highest BCUT2D eigenvalue weighted by Gasteiger charge is 2.53. The van der Waals surface area contributed by atoms with Crippen molar-refractivity contribution in [2.24, 2.45) is 0 Å². The molecule has 0 saturated carbocycles. The lowest BCUT2D eigenvalue weighted by molar-refractivity contribution is -0.289. The normalized spacial score (nSPS) is 19.5. The van der Waals surface area contributed by atoms with Crippen LogP contribution in [0.1, 0.15) is 89.3 Å². The molecule has 59 heavy (non-hydrogen) atoms. The number of rotatable bonds is 18. The van der Waals surface area contributed by atoms with Crippen molar-refractivity contribution in [3.8, 4) is 5.88 Å². The second kappa shape index (κ2) is 20.4. The van der Waals surface area contributed by atoms with Crippen LogP contribution in [0.3, 0.4) is 0 Å². The molecule has 5 atom stereocenters. The number of hydrogen-bond donors (Lipinski definition) is 2. The number of nitrogens with one attached hydrogen (secondary N) is 2.